The Morgan fingerprint density at radius 1 is 1.07 bits per heavy atom. The van der Waals surface area contributed by atoms with E-state index in [0.29, 0.717) is 16.3 Å². The molecule has 0 aliphatic carbocycles. The van der Waals surface area contributed by atoms with Gasteiger partial charge in [-0.3, -0.25) is 4.79 Å². The van der Waals surface area contributed by atoms with Crippen molar-refractivity contribution in [3.8, 4) is 0 Å². The molecule has 3 aromatic carbocycles. The van der Waals surface area contributed by atoms with Crippen LogP contribution in [0.5, 0.6) is 0 Å². The van der Waals surface area contributed by atoms with E-state index >= 15 is 0 Å². The molecule has 1 amide bonds. The zero-order valence-corrected chi connectivity index (χ0v) is 17.6. The number of amides is 1. The van der Waals surface area contributed by atoms with Crippen LogP contribution in [0.3, 0.4) is 0 Å². The minimum Gasteiger partial charge on any atom is -0.367 e. The maximum atomic E-state index is 12.5. The molecule has 0 atom stereocenters. The highest BCUT2D eigenvalue weighted by Gasteiger charge is 2.16. The number of carbonyl (C=O) groups is 1. The molecule has 0 spiro atoms. The van der Waals surface area contributed by atoms with E-state index < -0.39 is 0 Å². The Balaban J connectivity index is 1.44. The van der Waals surface area contributed by atoms with Gasteiger partial charge in [0.05, 0.1) is 5.02 Å². The Kier molecular flexibility index (Phi) is 5.69. The van der Waals surface area contributed by atoms with Gasteiger partial charge in [0.15, 0.2) is 0 Å². The van der Waals surface area contributed by atoms with Crippen LogP contribution < -0.4 is 10.2 Å². The van der Waals surface area contributed by atoms with Crippen LogP contribution in [0.4, 0.5) is 11.4 Å². The minimum absolute atomic E-state index is 0.145. The molecule has 1 heterocycles. The van der Waals surface area contributed by atoms with Crippen molar-refractivity contribution in [3.05, 3.63) is 92.9 Å². The summed E-state index contributed by atoms with van der Waals surface area (Å²) in [5, 5.41) is 3.45. The Hall–Kier alpha value is -2.30. The van der Waals surface area contributed by atoms with Gasteiger partial charge >= 0.3 is 0 Å². The fourth-order valence-corrected chi connectivity index (χ4v) is 3.96. The van der Waals surface area contributed by atoms with Crippen molar-refractivity contribution < 1.29 is 4.79 Å². The van der Waals surface area contributed by atoms with Gasteiger partial charge in [0.2, 0.25) is 0 Å². The van der Waals surface area contributed by atoms with Crippen molar-refractivity contribution in [1.82, 2.24) is 0 Å². The molecule has 0 fully saturated rings. The van der Waals surface area contributed by atoms with Crippen LogP contribution in [0.25, 0.3) is 0 Å². The number of nitrogens with one attached hydrogen (secondary N) is 1. The van der Waals surface area contributed by atoms with Crippen LogP contribution in [0, 0.1) is 0 Å². The molecule has 0 aromatic heterocycles. The normalized spacial score (nSPS) is 13.1. The summed E-state index contributed by atoms with van der Waals surface area (Å²) in [6, 6.07) is 21.8. The van der Waals surface area contributed by atoms with Gasteiger partial charge in [-0.1, -0.05) is 41.9 Å². The number of halogens is 2. The van der Waals surface area contributed by atoms with Crippen molar-refractivity contribution >= 4 is 44.8 Å². The molecule has 1 aliphatic rings. The first-order chi connectivity index (χ1) is 13.6. The fourth-order valence-electron chi connectivity index (χ4n) is 3.53. The quantitative estimate of drug-likeness (QED) is 0.500. The van der Waals surface area contributed by atoms with E-state index in [1.165, 1.54) is 23.2 Å². The van der Waals surface area contributed by atoms with Crippen molar-refractivity contribution in [1.29, 1.82) is 0 Å². The second-order valence-electron chi connectivity index (χ2n) is 6.93. The molecule has 1 aliphatic heterocycles. The van der Waals surface area contributed by atoms with Gasteiger partial charge in [0, 0.05) is 34.5 Å². The lowest BCUT2D eigenvalue weighted by atomic mass is 10.0. The first-order valence-corrected chi connectivity index (χ1v) is 10.5. The average Bonchev–Trinajstić information content (AvgIpc) is 2.71. The number of benzene rings is 3. The van der Waals surface area contributed by atoms with E-state index in [9.17, 15) is 4.79 Å². The summed E-state index contributed by atoms with van der Waals surface area (Å²) in [5.74, 6) is -0.145. The van der Waals surface area contributed by atoms with Crippen LogP contribution in [-0.2, 0) is 13.0 Å². The fraction of sp³-hybridized carbons (Fsp3) is 0.174. The maximum Gasteiger partial charge on any atom is 0.255 e. The van der Waals surface area contributed by atoms with Gasteiger partial charge in [-0.2, -0.15) is 0 Å². The zero-order chi connectivity index (χ0) is 19.5. The molecule has 5 heteroatoms. The Morgan fingerprint density at radius 2 is 1.86 bits per heavy atom. The second kappa shape index (κ2) is 8.38. The molecular formula is C23H20BrClN2O. The van der Waals surface area contributed by atoms with Crippen LogP contribution in [0.15, 0.2) is 71.2 Å². The summed E-state index contributed by atoms with van der Waals surface area (Å²) in [6.45, 7) is 1.91. The third-order valence-electron chi connectivity index (χ3n) is 4.97. The molecule has 3 nitrogen and oxygen atoms in total. The highest BCUT2D eigenvalue weighted by molar-refractivity contribution is 9.10. The topological polar surface area (TPSA) is 32.3 Å². The molecule has 0 unspecified atom stereocenters. The first-order valence-electron chi connectivity index (χ1n) is 9.28. The molecular weight excluding hydrogens is 436 g/mol. The van der Waals surface area contributed by atoms with Crippen LogP contribution in [0.2, 0.25) is 5.02 Å². The average molecular weight is 456 g/mol. The SMILES string of the molecule is O=C(Nc1ccc(Br)c(Cl)c1)c1ccc(CN2CCCc3ccccc32)cc1. The predicted molar refractivity (Wildman–Crippen MR) is 119 cm³/mol. The molecule has 0 saturated heterocycles. The number of rotatable bonds is 4. The van der Waals surface area contributed by atoms with Gasteiger partial charge in [0.25, 0.3) is 5.91 Å². The number of nitrogens with zero attached hydrogens (tertiary/aromatic N) is 1. The summed E-state index contributed by atoms with van der Waals surface area (Å²) in [5.41, 5.74) is 5.23. The van der Waals surface area contributed by atoms with Crippen molar-refractivity contribution in [3.63, 3.8) is 0 Å². The number of aryl methyl sites for hydroxylation is 1. The van der Waals surface area contributed by atoms with Crippen molar-refractivity contribution in [2.45, 2.75) is 19.4 Å². The highest BCUT2D eigenvalue weighted by atomic mass is 79.9. The monoisotopic (exact) mass is 454 g/mol. The Morgan fingerprint density at radius 3 is 2.64 bits per heavy atom. The van der Waals surface area contributed by atoms with E-state index in [1.807, 2.05) is 36.4 Å². The van der Waals surface area contributed by atoms with Crippen LogP contribution in [-0.4, -0.2) is 12.5 Å². The number of fused-ring (bicyclic) bond motifs is 1. The van der Waals surface area contributed by atoms with Gasteiger partial charge in [0.1, 0.15) is 0 Å². The largest absolute Gasteiger partial charge is 0.367 e. The Bertz CT molecular complexity index is 1000. The van der Waals surface area contributed by atoms with Crippen molar-refractivity contribution in [2.24, 2.45) is 0 Å². The minimum atomic E-state index is -0.145. The number of para-hydroxylation sites is 1. The summed E-state index contributed by atoms with van der Waals surface area (Å²) < 4.78 is 0.802. The number of anilines is 2. The zero-order valence-electron chi connectivity index (χ0n) is 15.3. The van der Waals surface area contributed by atoms with E-state index in [4.69, 9.17) is 11.6 Å². The molecule has 0 bridgehead atoms. The number of hydrogen-bond acceptors (Lipinski definition) is 2. The highest BCUT2D eigenvalue weighted by Crippen LogP contribution is 2.28. The van der Waals surface area contributed by atoms with E-state index in [2.05, 4.69) is 50.4 Å². The van der Waals surface area contributed by atoms with E-state index in [0.717, 1.165) is 24.0 Å². The van der Waals surface area contributed by atoms with Gasteiger partial charge < -0.3 is 10.2 Å². The lowest BCUT2D eigenvalue weighted by Gasteiger charge is -2.31. The standard InChI is InChI=1S/C23H20BrClN2O/c24-20-12-11-19(14-21(20)25)26-23(28)18-9-7-16(8-10-18)15-27-13-3-5-17-4-1-2-6-22(17)27/h1-2,4,6-12,14H,3,5,13,15H2,(H,26,28). The lowest BCUT2D eigenvalue weighted by Crippen LogP contribution is -2.28. The molecule has 4 rings (SSSR count). The van der Waals surface area contributed by atoms with Crippen LogP contribution >= 0.6 is 27.5 Å². The summed E-state index contributed by atoms with van der Waals surface area (Å²) in [6.07, 6.45) is 2.32. The third kappa shape index (κ3) is 4.23. The van der Waals surface area contributed by atoms with Crippen LogP contribution in [0.1, 0.15) is 27.9 Å². The Labute approximate surface area is 178 Å². The first kappa shape index (κ1) is 19.0. The van der Waals surface area contributed by atoms with Gasteiger partial charge in [-0.25, -0.2) is 0 Å². The molecule has 28 heavy (non-hydrogen) atoms. The summed E-state index contributed by atoms with van der Waals surface area (Å²) in [7, 11) is 0. The van der Waals surface area contributed by atoms with Gasteiger partial charge in [-0.15, -0.1) is 0 Å². The van der Waals surface area contributed by atoms with E-state index in [1.54, 1.807) is 6.07 Å². The summed E-state index contributed by atoms with van der Waals surface area (Å²) in [4.78, 5) is 14.9. The van der Waals surface area contributed by atoms with Gasteiger partial charge in [-0.05, 0) is 76.3 Å². The number of carbonyl (C=O) groups excluding carboxylic acids is 1. The van der Waals surface area contributed by atoms with Crippen molar-refractivity contribution in [2.75, 3.05) is 16.8 Å². The molecule has 3 aromatic rings. The number of hydrogen-bond donors (Lipinski definition) is 1. The van der Waals surface area contributed by atoms with E-state index in [-0.39, 0.29) is 5.91 Å². The lowest BCUT2D eigenvalue weighted by molar-refractivity contribution is 0.102. The smallest absolute Gasteiger partial charge is 0.255 e. The predicted octanol–water partition coefficient (Wildman–Crippen LogP) is 6.31. The maximum absolute atomic E-state index is 12.5. The molecule has 142 valence electrons. The summed E-state index contributed by atoms with van der Waals surface area (Å²) >= 11 is 9.44. The molecule has 0 radical (unpaired) electrons. The third-order valence-corrected chi connectivity index (χ3v) is 6.21. The molecule has 0 saturated carbocycles. The second-order valence-corrected chi connectivity index (χ2v) is 8.20. The molecule has 1 N–H and O–H groups in total.